The number of hydrogen-bond acceptors (Lipinski definition) is 6. The molecule has 0 aromatic carbocycles. The molecular formula is C23H32N6O2S. The van der Waals surface area contributed by atoms with E-state index in [1.807, 2.05) is 27.7 Å². The van der Waals surface area contributed by atoms with Gasteiger partial charge in [-0.3, -0.25) is 14.2 Å². The van der Waals surface area contributed by atoms with Crippen LogP contribution < -0.4 is 0 Å². The average Bonchev–Trinajstić information content (AvgIpc) is 3.39. The summed E-state index contributed by atoms with van der Waals surface area (Å²) in [7, 11) is 0. The molecule has 4 rings (SSSR count). The third kappa shape index (κ3) is 5.14. The zero-order chi connectivity index (χ0) is 22.5. The van der Waals surface area contributed by atoms with Crippen molar-refractivity contribution in [3.05, 3.63) is 30.2 Å². The molecule has 8 nitrogen and oxygen atoms in total. The summed E-state index contributed by atoms with van der Waals surface area (Å²) in [5, 5.41) is 9.38. The molecular weight excluding hydrogens is 424 g/mol. The van der Waals surface area contributed by atoms with Crippen molar-refractivity contribution in [2.75, 3.05) is 12.3 Å². The van der Waals surface area contributed by atoms with E-state index in [4.69, 9.17) is 0 Å². The Morgan fingerprint density at radius 2 is 2.00 bits per heavy atom. The minimum atomic E-state index is 0.142. The van der Waals surface area contributed by atoms with E-state index in [1.54, 1.807) is 6.20 Å². The molecule has 9 heteroatoms. The minimum Gasteiger partial charge on any atom is -0.337 e. The molecule has 172 valence electrons. The lowest BCUT2D eigenvalue weighted by Crippen LogP contribution is -2.46. The predicted octanol–water partition coefficient (Wildman–Crippen LogP) is 3.45. The number of aromatic nitrogens is 4. The lowest BCUT2D eigenvalue weighted by molar-refractivity contribution is -0.133. The van der Waals surface area contributed by atoms with Gasteiger partial charge in [0, 0.05) is 31.2 Å². The summed E-state index contributed by atoms with van der Waals surface area (Å²) in [5.74, 6) is 1.96. The van der Waals surface area contributed by atoms with Crippen LogP contribution >= 0.6 is 11.8 Å². The van der Waals surface area contributed by atoms with Crippen LogP contribution in [0.2, 0.25) is 0 Å². The van der Waals surface area contributed by atoms with Gasteiger partial charge in [-0.1, -0.05) is 37.1 Å². The number of rotatable bonds is 8. The molecule has 0 unspecified atom stereocenters. The summed E-state index contributed by atoms with van der Waals surface area (Å²) >= 11 is 1.39. The average molecular weight is 457 g/mol. The van der Waals surface area contributed by atoms with E-state index >= 15 is 0 Å². The van der Waals surface area contributed by atoms with E-state index in [0.717, 1.165) is 25.8 Å². The number of hydrogen-bond donors (Lipinski definition) is 0. The molecule has 0 spiro atoms. The third-order valence-electron chi connectivity index (χ3n) is 6.22. The molecule has 2 aliphatic rings. The number of carbonyl (C=O) groups is 2. The Balaban J connectivity index is 1.52. The van der Waals surface area contributed by atoms with Gasteiger partial charge in [-0.2, -0.15) is 0 Å². The maximum Gasteiger partial charge on any atom is 0.233 e. The number of nitrogens with zero attached hydrogens (tertiary/aromatic N) is 6. The molecule has 1 saturated carbocycles. The molecule has 3 heterocycles. The number of thioether (sulfide) groups is 1. The van der Waals surface area contributed by atoms with Crippen LogP contribution in [-0.4, -0.2) is 65.7 Å². The van der Waals surface area contributed by atoms with Gasteiger partial charge in [0.1, 0.15) is 5.82 Å². The van der Waals surface area contributed by atoms with Crippen LogP contribution in [-0.2, 0) is 16.1 Å². The van der Waals surface area contributed by atoms with E-state index in [1.165, 1.54) is 31.0 Å². The van der Waals surface area contributed by atoms with E-state index in [-0.39, 0.29) is 17.9 Å². The molecule has 1 saturated heterocycles. The van der Waals surface area contributed by atoms with E-state index in [0.29, 0.717) is 41.6 Å². The van der Waals surface area contributed by atoms with E-state index in [9.17, 15) is 9.59 Å². The van der Waals surface area contributed by atoms with Crippen molar-refractivity contribution in [1.82, 2.24) is 29.5 Å². The Hall–Kier alpha value is -2.42. The number of likely N-dealkylation sites (tertiary alicyclic amines) is 1. The summed E-state index contributed by atoms with van der Waals surface area (Å²) in [6.07, 6.45) is 9.02. The molecule has 0 radical (unpaired) electrons. The van der Waals surface area contributed by atoms with Gasteiger partial charge in [-0.15, -0.1) is 10.2 Å². The first-order chi connectivity index (χ1) is 15.5. The molecule has 2 fully saturated rings. The largest absolute Gasteiger partial charge is 0.337 e. The normalized spacial score (nSPS) is 17.3. The van der Waals surface area contributed by atoms with Gasteiger partial charge in [-0.05, 0) is 45.2 Å². The summed E-state index contributed by atoms with van der Waals surface area (Å²) in [6.45, 7) is 5.33. The second-order valence-electron chi connectivity index (χ2n) is 8.82. The van der Waals surface area contributed by atoms with Crippen LogP contribution in [0.1, 0.15) is 64.6 Å². The Morgan fingerprint density at radius 1 is 1.19 bits per heavy atom. The van der Waals surface area contributed by atoms with Crippen LogP contribution in [0.3, 0.4) is 0 Å². The van der Waals surface area contributed by atoms with Crippen LogP contribution in [0.15, 0.2) is 29.6 Å². The van der Waals surface area contributed by atoms with E-state index in [2.05, 4.69) is 33.9 Å². The highest BCUT2D eigenvalue weighted by Crippen LogP contribution is 2.27. The molecule has 2 aromatic heterocycles. The standard InChI is InChI=1S/C23H32N6O2S/c1-17(2)28(18-9-4-3-5-10-18)22(31)16-32-23-26-25-20(15-27-14-8-12-21(27)30)29(23)19-11-6-7-13-24-19/h6-7,11,13,17-18H,3-5,8-10,12,14-16H2,1-2H3. The highest BCUT2D eigenvalue weighted by atomic mass is 32.2. The molecule has 0 atom stereocenters. The fourth-order valence-electron chi connectivity index (χ4n) is 4.73. The Bertz CT molecular complexity index is 926. The second-order valence-corrected chi connectivity index (χ2v) is 9.76. The van der Waals surface area contributed by atoms with Gasteiger partial charge in [0.05, 0.1) is 12.3 Å². The summed E-state index contributed by atoms with van der Waals surface area (Å²) in [5.41, 5.74) is 0. The molecule has 2 aromatic rings. The van der Waals surface area contributed by atoms with Gasteiger partial charge in [0.25, 0.3) is 0 Å². The van der Waals surface area contributed by atoms with Crippen molar-refractivity contribution in [3.63, 3.8) is 0 Å². The molecule has 1 aliphatic carbocycles. The summed E-state index contributed by atoms with van der Waals surface area (Å²) < 4.78 is 1.88. The minimum absolute atomic E-state index is 0.142. The third-order valence-corrected chi connectivity index (χ3v) is 7.13. The molecule has 1 aliphatic heterocycles. The first kappa shape index (κ1) is 22.8. The number of carbonyl (C=O) groups excluding carboxylic acids is 2. The fraction of sp³-hybridized carbons (Fsp3) is 0.609. The Labute approximate surface area is 193 Å². The van der Waals surface area contributed by atoms with Gasteiger partial charge in [0.15, 0.2) is 11.0 Å². The predicted molar refractivity (Wildman–Crippen MR) is 123 cm³/mol. The maximum absolute atomic E-state index is 13.2. The zero-order valence-electron chi connectivity index (χ0n) is 18.9. The van der Waals surface area contributed by atoms with Crippen molar-refractivity contribution >= 4 is 23.6 Å². The monoisotopic (exact) mass is 456 g/mol. The van der Waals surface area contributed by atoms with Crippen molar-refractivity contribution in [1.29, 1.82) is 0 Å². The van der Waals surface area contributed by atoms with Gasteiger partial charge < -0.3 is 9.80 Å². The highest BCUT2D eigenvalue weighted by molar-refractivity contribution is 7.99. The van der Waals surface area contributed by atoms with Gasteiger partial charge in [-0.25, -0.2) is 4.98 Å². The van der Waals surface area contributed by atoms with Crippen LogP contribution in [0, 0.1) is 0 Å². The Kier molecular flexibility index (Phi) is 7.44. The van der Waals surface area contributed by atoms with Gasteiger partial charge in [0.2, 0.25) is 11.8 Å². The Morgan fingerprint density at radius 3 is 2.66 bits per heavy atom. The van der Waals surface area contributed by atoms with Crippen molar-refractivity contribution in [2.45, 2.75) is 82.6 Å². The molecule has 0 bridgehead atoms. The number of pyridine rings is 1. The zero-order valence-corrected chi connectivity index (χ0v) is 19.8. The molecule has 2 amide bonds. The first-order valence-corrected chi connectivity index (χ1v) is 12.6. The van der Waals surface area contributed by atoms with E-state index < -0.39 is 0 Å². The fourth-order valence-corrected chi connectivity index (χ4v) is 5.56. The van der Waals surface area contributed by atoms with Crippen molar-refractivity contribution in [3.8, 4) is 5.82 Å². The van der Waals surface area contributed by atoms with Gasteiger partial charge >= 0.3 is 0 Å². The lowest BCUT2D eigenvalue weighted by Gasteiger charge is -2.37. The van der Waals surface area contributed by atoms with Crippen LogP contribution in [0.5, 0.6) is 0 Å². The molecule has 32 heavy (non-hydrogen) atoms. The smallest absolute Gasteiger partial charge is 0.233 e. The maximum atomic E-state index is 13.2. The highest BCUT2D eigenvalue weighted by Gasteiger charge is 2.29. The topological polar surface area (TPSA) is 84.2 Å². The second kappa shape index (κ2) is 10.5. The van der Waals surface area contributed by atoms with Crippen molar-refractivity contribution < 1.29 is 9.59 Å². The lowest BCUT2D eigenvalue weighted by atomic mass is 9.93. The van der Waals surface area contributed by atoms with Crippen molar-refractivity contribution in [2.24, 2.45) is 0 Å². The first-order valence-electron chi connectivity index (χ1n) is 11.6. The van der Waals surface area contributed by atoms with Crippen LogP contribution in [0.4, 0.5) is 0 Å². The van der Waals surface area contributed by atoms with Crippen LogP contribution in [0.25, 0.3) is 5.82 Å². The number of amides is 2. The summed E-state index contributed by atoms with van der Waals surface area (Å²) in [6, 6.07) is 6.18. The quantitative estimate of drug-likeness (QED) is 0.566. The SMILES string of the molecule is CC(C)N(C(=O)CSc1nnc(CN2CCCC2=O)n1-c1ccccn1)C1CCCCC1. The summed E-state index contributed by atoms with van der Waals surface area (Å²) in [4.78, 5) is 33.7. The molecule has 0 N–H and O–H groups in total.